The van der Waals surface area contributed by atoms with Gasteiger partial charge in [-0.2, -0.15) is 0 Å². The molecule has 0 fully saturated rings. The predicted molar refractivity (Wildman–Crippen MR) is 83.1 cm³/mol. The zero-order valence-corrected chi connectivity index (χ0v) is 13.2. The summed E-state index contributed by atoms with van der Waals surface area (Å²) in [7, 11) is 0. The van der Waals surface area contributed by atoms with E-state index >= 15 is 0 Å². The van der Waals surface area contributed by atoms with Gasteiger partial charge in [-0.25, -0.2) is 4.39 Å². The maximum absolute atomic E-state index is 13.0. The molecule has 0 radical (unpaired) electrons. The molecule has 1 heterocycles. The third kappa shape index (κ3) is 4.39. The number of hydrogen-bond donors (Lipinski definition) is 1. The van der Waals surface area contributed by atoms with E-state index in [2.05, 4.69) is 52.2 Å². The molecule has 1 unspecified atom stereocenters. The summed E-state index contributed by atoms with van der Waals surface area (Å²) in [5.41, 5.74) is 2.08. The molecule has 4 heteroatoms. The van der Waals surface area contributed by atoms with E-state index in [0.29, 0.717) is 6.04 Å². The second kappa shape index (κ2) is 6.95. The van der Waals surface area contributed by atoms with E-state index in [4.69, 9.17) is 0 Å². The molecule has 1 N–H and O–H groups in total. The van der Waals surface area contributed by atoms with Gasteiger partial charge in [-0.15, -0.1) is 0 Å². The maximum Gasteiger partial charge on any atom is 0.141 e. The van der Waals surface area contributed by atoms with E-state index in [1.54, 1.807) is 6.07 Å². The van der Waals surface area contributed by atoms with Crippen LogP contribution in [0.5, 0.6) is 0 Å². The van der Waals surface area contributed by atoms with Gasteiger partial charge < -0.3 is 5.32 Å². The van der Waals surface area contributed by atoms with E-state index < -0.39 is 0 Å². The van der Waals surface area contributed by atoms with E-state index in [1.807, 2.05) is 12.1 Å². The largest absolute Gasteiger partial charge is 0.306 e. The third-order valence-corrected chi connectivity index (χ3v) is 3.52. The molecule has 20 heavy (non-hydrogen) atoms. The van der Waals surface area contributed by atoms with Crippen molar-refractivity contribution in [3.8, 4) is 0 Å². The molecule has 1 atom stereocenters. The van der Waals surface area contributed by atoms with Crippen molar-refractivity contribution < 1.29 is 4.39 Å². The Hall–Kier alpha value is -1.26. The Bertz CT molecular complexity index is 537. The zero-order chi connectivity index (χ0) is 14.5. The summed E-state index contributed by atoms with van der Waals surface area (Å²) in [6.45, 7) is 4.19. The van der Waals surface area contributed by atoms with Crippen LogP contribution >= 0.6 is 15.9 Å². The summed E-state index contributed by atoms with van der Waals surface area (Å²) in [5, 5.41) is 3.48. The molecule has 0 spiro atoms. The van der Waals surface area contributed by atoms with Crippen LogP contribution in [0.15, 0.2) is 47.1 Å². The Morgan fingerprint density at radius 1 is 1.15 bits per heavy atom. The lowest BCUT2D eigenvalue weighted by atomic mass is 10.0. The van der Waals surface area contributed by atoms with Crippen LogP contribution in [0.2, 0.25) is 0 Å². The van der Waals surface area contributed by atoms with Crippen LogP contribution in [0.1, 0.15) is 31.1 Å². The second-order valence-electron chi connectivity index (χ2n) is 5.11. The Balaban J connectivity index is 2.18. The first-order chi connectivity index (χ1) is 9.54. The van der Waals surface area contributed by atoms with Crippen molar-refractivity contribution in [1.82, 2.24) is 10.3 Å². The number of halogens is 2. The average Bonchev–Trinajstić information content (AvgIpc) is 2.41. The fourth-order valence-electron chi connectivity index (χ4n) is 2.10. The minimum absolute atomic E-state index is 0.0803. The first-order valence-electron chi connectivity index (χ1n) is 6.66. The number of benzene rings is 1. The van der Waals surface area contributed by atoms with Gasteiger partial charge in [0, 0.05) is 10.5 Å². The molecule has 2 rings (SSSR count). The van der Waals surface area contributed by atoms with Crippen molar-refractivity contribution in [3.05, 3.63) is 64.1 Å². The summed E-state index contributed by atoms with van der Waals surface area (Å²) >= 11 is 3.44. The lowest BCUT2D eigenvalue weighted by Gasteiger charge is -2.21. The van der Waals surface area contributed by atoms with Crippen molar-refractivity contribution in [1.29, 1.82) is 0 Å². The number of nitrogens with one attached hydrogen (secondary N) is 1. The van der Waals surface area contributed by atoms with Crippen LogP contribution in [0, 0.1) is 5.82 Å². The highest BCUT2D eigenvalue weighted by Crippen LogP contribution is 2.19. The fraction of sp³-hybridized carbons (Fsp3) is 0.312. The van der Waals surface area contributed by atoms with Crippen molar-refractivity contribution in [2.24, 2.45) is 0 Å². The normalized spacial score (nSPS) is 12.7. The highest BCUT2D eigenvalue weighted by Gasteiger charge is 2.14. The van der Waals surface area contributed by atoms with Gasteiger partial charge in [0.2, 0.25) is 0 Å². The molecule has 1 aromatic heterocycles. The lowest BCUT2D eigenvalue weighted by molar-refractivity contribution is 0.464. The standard InChI is InChI=1S/C16H18BrFN2/c1-11(2)20-16(15-8-7-14(18)10-19-15)9-12-3-5-13(17)6-4-12/h3-8,10-11,16,20H,9H2,1-2H3. The quantitative estimate of drug-likeness (QED) is 0.882. The van der Waals surface area contributed by atoms with Crippen molar-refractivity contribution in [2.75, 3.05) is 0 Å². The van der Waals surface area contributed by atoms with E-state index in [1.165, 1.54) is 17.8 Å². The molecular formula is C16H18BrFN2. The van der Waals surface area contributed by atoms with Gasteiger partial charge in [0.25, 0.3) is 0 Å². The topological polar surface area (TPSA) is 24.9 Å². The van der Waals surface area contributed by atoms with Gasteiger partial charge in [0.05, 0.1) is 17.9 Å². The predicted octanol–water partition coefficient (Wildman–Crippen LogP) is 4.27. The molecule has 0 amide bonds. The number of nitrogens with zero attached hydrogens (tertiary/aromatic N) is 1. The molecule has 0 saturated carbocycles. The van der Waals surface area contributed by atoms with E-state index in [9.17, 15) is 4.39 Å². The number of aromatic nitrogens is 1. The van der Waals surface area contributed by atoms with Gasteiger partial charge in [-0.3, -0.25) is 4.98 Å². The monoisotopic (exact) mass is 336 g/mol. The van der Waals surface area contributed by atoms with Gasteiger partial charge in [-0.05, 0) is 36.2 Å². The molecular weight excluding hydrogens is 319 g/mol. The van der Waals surface area contributed by atoms with Crippen LogP contribution in [-0.2, 0) is 6.42 Å². The Morgan fingerprint density at radius 3 is 2.40 bits per heavy atom. The third-order valence-electron chi connectivity index (χ3n) is 2.99. The first kappa shape index (κ1) is 15.1. The van der Waals surface area contributed by atoms with Gasteiger partial charge in [0.1, 0.15) is 5.82 Å². The molecule has 2 aromatic rings. The van der Waals surface area contributed by atoms with Crippen LogP contribution < -0.4 is 5.32 Å². The lowest BCUT2D eigenvalue weighted by Crippen LogP contribution is -2.30. The molecule has 0 aliphatic carbocycles. The second-order valence-corrected chi connectivity index (χ2v) is 6.02. The summed E-state index contributed by atoms with van der Waals surface area (Å²) in [6.07, 6.45) is 2.09. The van der Waals surface area contributed by atoms with Crippen LogP contribution in [0.25, 0.3) is 0 Å². The molecule has 0 bridgehead atoms. The molecule has 0 saturated heterocycles. The van der Waals surface area contributed by atoms with Crippen molar-refractivity contribution in [2.45, 2.75) is 32.4 Å². The Labute approximate surface area is 127 Å². The van der Waals surface area contributed by atoms with Gasteiger partial charge in [0.15, 0.2) is 0 Å². The molecule has 106 valence electrons. The molecule has 0 aliphatic rings. The minimum Gasteiger partial charge on any atom is -0.306 e. The number of hydrogen-bond acceptors (Lipinski definition) is 2. The smallest absolute Gasteiger partial charge is 0.141 e. The molecule has 0 aliphatic heterocycles. The fourth-order valence-corrected chi connectivity index (χ4v) is 2.37. The highest BCUT2D eigenvalue weighted by atomic mass is 79.9. The first-order valence-corrected chi connectivity index (χ1v) is 7.46. The molecule has 1 aromatic carbocycles. The summed E-state index contributed by atoms with van der Waals surface area (Å²) in [5.74, 6) is -0.305. The van der Waals surface area contributed by atoms with Crippen LogP contribution in [0.3, 0.4) is 0 Å². The van der Waals surface area contributed by atoms with Crippen molar-refractivity contribution >= 4 is 15.9 Å². The zero-order valence-electron chi connectivity index (χ0n) is 11.6. The average molecular weight is 337 g/mol. The number of rotatable bonds is 5. The van der Waals surface area contributed by atoms with Crippen LogP contribution in [0.4, 0.5) is 4.39 Å². The Morgan fingerprint density at radius 2 is 1.85 bits per heavy atom. The van der Waals surface area contributed by atoms with E-state index in [0.717, 1.165) is 16.6 Å². The van der Waals surface area contributed by atoms with E-state index in [-0.39, 0.29) is 11.9 Å². The van der Waals surface area contributed by atoms with Gasteiger partial charge in [-0.1, -0.05) is 41.9 Å². The SMILES string of the molecule is CC(C)NC(Cc1ccc(Br)cc1)c1ccc(F)cn1. The summed E-state index contributed by atoms with van der Waals surface area (Å²) in [4.78, 5) is 4.20. The highest BCUT2D eigenvalue weighted by molar-refractivity contribution is 9.10. The van der Waals surface area contributed by atoms with Gasteiger partial charge >= 0.3 is 0 Å². The minimum atomic E-state index is -0.305. The number of pyridine rings is 1. The summed E-state index contributed by atoms with van der Waals surface area (Å²) in [6, 6.07) is 11.8. The van der Waals surface area contributed by atoms with Crippen LogP contribution in [-0.4, -0.2) is 11.0 Å². The Kier molecular flexibility index (Phi) is 5.26. The van der Waals surface area contributed by atoms with Crippen molar-refractivity contribution in [3.63, 3.8) is 0 Å². The maximum atomic E-state index is 13.0. The summed E-state index contributed by atoms with van der Waals surface area (Å²) < 4.78 is 14.1. The molecule has 2 nitrogen and oxygen atoms in total.